The number of nitrogens with two attached hydrogens (primary N) is 1. The summed E-state index contributed by atoms with van der Waals surface area (Å²) in [6, 6.07) is 5.77. The molecular weight excluding hydrogens is 279 g/mol. The molecule has 0 spiro atoms. The number of nitrogens with zero attached hydrogens (tertiary/aromatic N) is 2. The van der Waals surface area contributed by atoms with Crippen molar-refractivity contribution in [1.82, 2.24) is 9.97 Å². The zero-order valence-electron chi connectivity index (χ0n) is 10.5. The maximum Gasteiger partial charge on any atom is 0.225 e. The van der Waals surface area contributed by atoms with Crippen LogP contribution in [0.15, 0.2) is 41.8 Å². The number of hydrogen-bond acceptors (Lipinski definition) is 5. The molecule has 3 N–H and O–H groups in total. The molecule has 0 saturated carbocycles. The Hall–Kier alpha value is -2.15. The topological polar surface area (TPSA) is 80.9 Å². The molecule has 0 unspecified atom stereocenters. The van der Waals surface area contributed by atoms with Gasteiger partial charge in [-0.1, -0.05) is 11.8 Å². The largest absolute Gasteiger partial charge is 0.399 e. The Balaban J connectivity index is 1.82. The van der Waals surface area contributed by atoms with Crippen LogP contribution in [-0.4, -0.2) is 21.6 Å². The van der Waals surface area contributed by atoms with Gasteiger partial charge in [0.1, 0.15) is 5.82 Å². The van der Waals surface area contributed by atoms with Gasteiger partial charge in [0.2, 0.25) is 5.91 Å². The Morgan fingerprint density at radius 1 is 1.35 bits per heavy atom. The highest BCUT2D eigenvalue weighted by atomic mass is 32.2. The van der Waals surface area contributed by atoms with E-state index in [1.807, 2.05) is 0 Å². The standard InChI is InChI=1S/C13H13FN4OS/c14-10-3-2-9(15)8-11(10)18-12(19)4-7-20-13-16-5-1-6-17-13/h1-3,5-6,8H,4,7,15H2,(H,18,19). The number of anilines is 2. The van der Waals surface area contributed by atoms with Crippen LogP contribution >= 0.6 is 11.8 Å². The van der Waals surface area contributed by atoms with Crippen LogP contribution < -0.4 is 11.1 Å². The fraction of sp³-hybridized carbons (Fsp3) is 0.154. The molecule has 1 amide bonds. The summed E-state index contributed by atoms with van der Waals surface area (Å²) in [5.41, 5.74) is 6.03. The van der Waals surface area contributed by atoms with E-state index >= 15 is 0 Å². The Morgan fingerprint density at radius 3 is 2.85 bits per heavy atom. The van der Waals surface area contributed by atoms with Crippen molar-refractivity contribution >= 4 is 29.0 Å². The van der Waals surface area contributed by atoms with Crippen LogP contribution in [-0.2, 0) is 4.79 Å². The molecule has 1 aromatic carbocycles. The average Bonchev–Trinajstić information content (AvgIpc) is 2.44. The van der Waals surface area contributed by atoms with Gasteiger partial charge in [0.15, 0.2) is 5.16 Å². The van der Waals surface area contributed by atoms with Gasteiger partial charge in [-0.25, -0.2) is 14.4 Å². The summed E-state index contributed by atoms with van der Waals surface area (Å²) in [6.07, 6.45) is 3.51. The van der Waals surface area contributed by atoms with E-state index in [2.05, 4.69) is 15.3 Å². The summed E-state index contributed by atoms with van der Waals surface area (Å²) < 4.78 is 13.4. The molecule has 1 heterocycles. The molecule has 5 nitrogen and oxygen atoms in total. The van der Waals surface area contributed by atoms with Crippen LogP contribution in [0.3, 0.4) is 0 Å². The van der Waals surface area contributed by atoms with Gasteiger partial charge in [-0.15, -0.1) is 0 Å². The lowest BCUT2D eigenvalue weighted by molar-refractivity contribution is -0.115. The second kappa shape index (κ2) is 6.85. The maximum atomic E-state index is 13.4. The van der Waals surface area contributed by atoms with Crippen LogP contribution in [0.2, 0.25) is 0 Å². The van der Waals surface area contributed by atoms with Crippen molar-refractivity contribution < 1.29 is 9.18 Å². The van der Waals surface area contributed by atoms with E-state index in [0.717, 1.165) is 0 Å². The minimum Gasteiger partial charge on any atom is -0.399 e. The number of benzene rings is 1. The first-order chi connectivity index (χ1) is 9.65. The van der Waals surface area contributed by atoms with Crippen molar-refractivity contribution in [2.45, 2.75) is 11.6 Å². The normalized spacial score (nSPS) is 10.2. The number of amides is 1. The van der Waals surface area contributed by atoms with Crippen LogP contribution in [0.1, 0.15) is 6.42 Å². The fourth-order valence-corrected chi connectivity index (χ4v) is 2.19. The number of nitrogens with one attached hydrogen (secondary N) is 1. The monoisotopic (exact) mass is 292 g/mol. The first-order valence-corrected chi connectivity index (χ1v) is 6.88. The number of carbonyl (C=O) groups excluding carboxylic acids is 1. The van der Waals surface area contributed by atoms with E-state index in [-0.39, 0.29) is 18.0 Å². The van der Waals surface area contributed by atoms with E-state index in [0.29, 0.717) is 16.6 Å². The second-order valence-corrected chi connectivity index (χ2v) is 4.98. The van der Waals surface area contributed by atoms with Crippen molar-refractivity contribution in [3.05, 3.63) is 42.5 Å². The fourth-order valence-electron chi connectivity index (χ4n) is 1.45. The molecule has 0 radical (unpaired) electrons. The van der Waals surface area contributed by atoms with Gasteiger partial charge in [-0.3, -0.25) is 4.79 Å². The van der Waals surface area contributed by atoms with Crippen molar-refractivity contribution in [1.29, 1.82) is 0 Å². The molecule has 1 aromatic heterocycles. The molecule has 20 heavy (non-hydrogen) atoms. The molecule has 0 fully saturated rings. The lowest BCUT2D eigenvalue weighted by Gasteiger charge is -2.06. The Morgan fingerprint density at radius 2 is 2.10 bits per heavy atom. The molecular formula is C13H13FN4OS. The van der Waals surface area contributed by atoms with Gasteiger partial charge >= 0.3 is 0 Å². The minimum atomic E-state index is -0.508. The molecule has 0 atom stereocenters. The van der Waals surface area contributed by atoms with Crippen LogP contribution in [0.25, 0.3) is 0 Å². The summed E-state index contributed by atoms with van der Waals surface area (Å²) in [6.45, 7) is 0. The van der Waals surface area contributed by atoms with Crippen molar-refractivity contribution in [2.24, 2.45) is 0 Å². The van der Waals surface area contributed by atoms with Gasteiger partial charge in [0.05, 0.1) is 5.69 Å². The summed E-state index contributed by atoms with van der Waals surface area (Å²) in [5.74, 6) is -0.274. The highest BCUT2D eigenvalue weighted by molar-refractivity contribution is 7.99. The number of halogens is 1. The highest BCUT2D eigenvalue weighted by Gasteiger charge is 2.08. The lowest BCUT2D eigenvalue weighted by atomic mass is 10.2. The molecule has 0 aliphatic heterocycles. The van der Waals surface area contributed by atoms with Crippen LogP contribution in [0.4, 0.5) is 15.8 Å². The third-order valence-corrected chi connectivity index (χ3v) is 3.24. The van der Waals surface area contributed by atoms with Crippen molar-refractivity contribution in [3.63, 3.8) is 0 Å². The molecule has 2 aromatic rings. The Bertz CT molecular complexity index is 594. The van der Waals surface area contributed by atoms with E-state index in [4.69, 9.17) is 5.73 Å². The van der Waals surface area contributed by atoms with Crippen molar-refractivity contribution in [2.75, 3.05) is 16.8 Å². The number of rotatable bonds is 5. The first kappa shape index (κ1) is 14.3. The Labute approximate surface area is 119 Å². The van der Waals surface area contributed by atoms with E-state index in [1.165, 1.54) is 30.0 Å². The minimum absolute atomic E-state index is 0.0935. The summed E-state index contributed by atoms with van der Waals surface area (Å²) in [4.78, 5) is 19.8. The SMILES string of the molecule is Nc1ccc(F)c(NC(=O)CCSc2ncccn2)c1. The van der Waals surface area contributed by atoms with Gasteiger partial charge in [0.25, 0.3) is 0 Å². The third kappa shape index (κ3) is 4.20. The van der Waals surface area contributed by atoms with Gasteiger partial charge in [-0.05, 0) is 24.3 Å². The zero-order valence-corrected chi connectivity index (χ0v) is 11.4. The zero-order chi connectivity index (χ0) is 14.4. The molecule has 2 rings (SSSR count). The average molecular weight is 292 g/mol. The second-order valence-electron chi connectivity index (χ2n) is 3.92. The number of thioether (sulfide) groups is 1. The van der Waals surface area contributed by atoms with E-state index in [9.17, 15) is 9.18 Å². The van der Waals surface area contributed by atoms with Gasteiger partial charge in [-0.2, -0.15) is 0 Å². The van der Waals surface area contributed by atoms with Crippen molar-refractivity contribution in [3.8, 4) is 0 Å². The molecule has 0 bridgehead atoms. The summed E-state index contributed by atoms with van der Waals surface area (Å²) >= 11 is 1.37. The summed E-state index contributed by atoms with van der Waals surface area (Å²) in [5, 5.41) is 3.10. The summed E-state index contributed by atoms with van der Waals surface area (Å²) in [7, 11) is 0. The lowest BCUT2D eigenvalue weighted by Crippen LogP contribution is -2.13. The van der Waals surface area contributed by atoms with E-state index in [1.54, 1.807) is 18.5 Å². The van der Waals surface area contributed by atoms with Gasteiger partial charge in [0, 0.05) is 30.3 Å². The maximum absolute atomic E-state index is 13.4. The predicted molar refractivity (Wildman–Crippen MR) is 76.8 cm³/mol. The number of aromatic nitrogens is 2. The van der Waals surface area contributed by atoms with Gasteiger partial charge < -0.3 is 11.1 Å². The van der Waals surface area contributed by atoms with Crippen LogP contribution in [0.5, 0.6) is 0 Å². The quantitative estimate of drug-likeness (QED) is 0.502. The molecule has 0 saturated heterocycles. The smallest absolute Gasteiger partial charge is 0.225 e. The Kier molecular flexibility index (Phi) is 4.89. The van der Waals surface area contributed by atoms with Crippen LogP contribution in [0, 0.1) is 5.82 Å². The number of carbonyl (C=O) groups is 1. The number of nitrogen functional groups attached to an aromatic ring is 1. The molecule has 104 valence electrons. The third-order valence-electron chi connectivity index (χ3n) is 2.37. The number of hydrogen-bond donors (Lipinski definition) is 2. The molecule has 7 heteroatoms. The first-order valence-electron chi connectivity index (χ1n) is 5.90. The molecule has 0 aliphatic carbocycles. The predicted octanol–water partition coefficient (Wildman–Crippen LogP) is 2.32. The van der Waals surface area contributed by atoms with E-state index < -0.39 is 5.82 Å². The highest BCUT2D eigenvalue weighted by Crippen LogP contribution is 2.18. The molecule has 0 aliphatic rings.